The van der Waals surface area contributed by atoms with Gasteiger partial charge in [0.15, 0.2) is 0 Å². The maximum absolute atomic E-state index is 10.4. The van der Waals surface area contributed by atoms with E-state index >= 15 is 0 Å². The minimum Gasteiger partial charge on any atom is -0.550 e. The van der Waals surface area contributed by atoms with Crippen LogP contribution in [0.2, 0.25) is 0 Å². The number of rotatable bonds is 8. The number of aliphatic carboxylic acids is 1. The number of ketones is 1. The van der Waals surface area contributed by atoms with Crippen LogP contribution in [0.1, 0.15) is 65.7 Å². The Morgan fingerprint density at radius 3 is 1.45 bits per heavy atom. The number of hydrogen-bond acceptors (Lipinski definition) is 5. The zero-order chi connectivity index (χ0) is 15.5. The first-order chi connectivity index (χ1) is 8.99. The van der Waals surface area contributed by atoms with Gasteiger partial charge in [-0.15, -0.1) is 0 Å². The van der Waals surface area contributed by atoms with E-state index < -0.39 is 12.4 Å². The van der Waals surface area contributed by atoms with Crippen molar-refractivity contribution in [2.75, 3.05) is 13.2 Å². The third-order valence-corrected chi connectivity index (χ3v) is 1.89. The standard InChI is InChI=1S/C6H10O3.2C4H10O.Ti/c1-2-3-5(7)4-6(8)9;2*1-2-3-4-5;/h2-4H2,1H3,(H,8,9);2*5H,2-4H2,1H3;/p-1. The molecule has 2 N–H and O–H groups in total. The van der Waals surface area contributed by atoms with Crippen LogP contribution in [0.3, 0.4) is 0 Å². The molecule has 0 unspecified atom stereocenters. The monoisotopic (exact) mass is 325 g/mol. The van der Waals surface area contributed by atoms with Gasteiger partial charge in [0.25, 0.3) is 0 Å². The van der Waals surface area contributed by atoms with Gasteiger partial charge in [-0.1, -0.05) is 33.6 Å². The van der Waals surface area contributed by atoms with Crippen molar-refractivity contribution in [2.45, 2.75) is 65.7 Å². The van der Waals surface area contributed by atoms with Gasteiger partial charge in [0.2, 0.25) is 0 Å². The molecule has 0 aromatic carbocycles. The second-order valence-electron chi connectivity index (χ2n) is 3.99. The molecular formula is C14H29O5Ti-. The second-order valence-corrected chi connectivity index (χ2v) is 3.99. The Morgan fingerprint density at radius 2 is 1.30 bits per heavy atom. The Morgan fingerprint density at radius 1 is 0.900 bits per heavy atom. The van der Waals surface area contributed by atoms with Gasteiger partial charge in [0, 0.05) is 53.7 Å². The molecule has 0 atom stereocenters. The number of Topliss-reactive ketones (excluding diaryl/α,β-unsaturated/α-hetero) is 1. The summed E-state index contributed by atoms with van der Waals surface area (Å²) in [4.78, 5) is 20.2. The number of aliphatic hydroxyl groups is 2. The van der Waals surface area contributed by atoms with E-state index in [-0.39, 0.29) is 27.5 Å². The molecule has 120 valence electrons. The predicted octanol–water partition coefficient (Wildman–Crippen LogP) is 1.05. The van der Waals surface area contributed by atoms with Gasteiger partial charge < -0.3 is 20.1 Å². The van der Waals surface area contributed by atoms with Crippen LogP contribution in [-0.2, 0) is 31.3 Å². The van der Waals surface area contributed by atoms with E-state index in [9.17, 15) is 14.7 Å². The Balaban J connectivity index is -0.000000101. The zero-order valence-electron chi connectivity index (χ0n) is 13.0. The van der Waals surface area contributed by atoms with Crippen molar-refractivity contribution in [2.24, 2.45) is 0 Å². The first-order valence-corrected chi connectivity index (χ1v) is 6.93. The quantitative estimate of drug-likeness (QED) is 0.513. The van der Waals surface area contributed by atoms with Crippen LogP contribution in [0.15, 0.2) is 0 Å². The number of carbonyl (C=O) groups is 2. The fourth-order valence-electron chi connectivity index (χ4n) is 0.844. The van der Waals surface area contributed by atoms with E-state index in [0.29, 0.717) is 26.1 Å². The fraction of sp³-hybridized carbons (Fsp3) is 0.857. The van der Waals surface area contributed by atoms with E-state index in [1.165, 1.54) is 0 Å². The molecule has 0 bridgehead atoms. The topological polar surface area (TPSA) is 97.7 Å². The molecule has 0 aromatic heterocycles. The van der Waals surface area contributed by atoms with Gasteiger partial charge in [-0.3, -0.25) is 4.79 Å². The molecular weight excluding hydrogens is 296 g/mol. The van der Waals surface area contributed by atoms with E-state index in [1.54, 1.807) is 0 Å². The summed E-state index contributed by atoms with van der Waals surface area (Å²) in [6.07, 6.45) is 4.68. The van der Waals surface area contributed by atoms with Crippen LogP contribution in [0.5, 0.6) is 0 Å². The molecule has 0 radical (unpaired) electrons. The van der Waals surface area contributed by atoms with Crippen LogP contribution in [0.25, 0.3) is 0 Å². The molecule has 0 aliphatic heterocycles. The summed E-state index contributed by atoms with van der Waals surface area (Å²) < 4.78 is 0. The minimum atomic E-state index is -1.28. The summed E-state index contributed by atoms with van der Waals surface area (Å²) >= 11 is 0. The van der Waals surface area contributed by atoms with Gasteiger partial charge >= 0.3 is 0 Å². The molecule has 0 fully saturated rings. The summed E-state index contributed by atoms with van der Waals surface area (Å²) in [5.41, 5.74) is 0. The van der Waals surface area contributed by atoms with Crippen molar-refractivity contribution in [1.82, 2.24) is 0 Å². The Bertz CT molecular complexity index is 188. The van der Waals surface area contributed by atoms with E-state index in [4.69, 9.17) is 10.2 Å². The van der Waals surface area contributed by atoms with E-state index in [2.05, 4.69) is 13.8 Å². The van der Waals surface area contributed by atoms with Crippen molar-refractivity contribution in [3.8, 4) is 0 Å². The number of unbranched alkanes of at least 4 members (excludes halogenated alkanes) is 2. The second kappa shape index (κ2) is 27.2. The number of hydrogen-bond donors (Lipinski definition) is 2. The van der Waals surface area contributed by atoms with E-state index in [0.717, 1.165) is 25.7 Å². The maximum Gasteiger partial charge on any atom is 0.138 e. The molecule has 0 saturated carbocycles. The Kier molecular flexibility index (Phi) is 38.1. The van der Waals surface area contributed by atoms with Crippen LogP contribution in [-0.4, -0.2) is 35.2 Å². The van der Waals surface area contributed by atoms with Crippen molar-refractivity contribution in [3.63, 3.8) is 0 Å². The van der Waals surface area contributed by atoms with E-state index in [1.807, 2.05) is 6.92 Å². The van der Waals surface area contributed by atoms with Gasteiger partial charge in [-0.2, -0.15) is 0 Å². The summed E-state index contributed by atoms with van der Waals surface area (Å²) in [6.45, 7) is 6.62. The van der Waals surface area contributed by atoms with Crippen molar-refractivity contribution >= 4 is 11.8 Å². The average Bonchev–Trinajstić information content (AvgIpc) is 2.32. The first-order valence-electron chi connectivity index (χ1n) is 6.93. The largest absolute Gasteiger partial charge is 0.550 e. The Hall–Kier alpha value is -0.226. The fourth-order valence-corrected chi connectivity index (χ4v) is 0.844. The number of carboxylic acid groups (broad SMARTS) is 1. The average molecular weight is 325 g/mol. The van der Waals surface area contributed by atoms with Crippen LogP contribution >= 0.6 is 0 Å². The van der Waals surface area contributed by atoms with Gasteiger partial charge in [0.1, 0.15) is 5.78 Å². The van der Waals surface area contributed by atoms with Crippen molar-refractivity contribution < 1.29 is 46.6 Å². The zero-order valence-corrected chi connectivity index (χ0v) is 14.5. The third kappa shape index (κ3) is 43.1. The normalized spacial score (nSPS) is 8.25. The molecule has 5 nitrogen and oxygen atoms in total. The van der Waals surface area contributed by atoms with Gasteiger partial charge in [0.05, 0.1) is 0 Å². The SMILES string of the molecule is CCCC(=O)CC(=O)[O-].CCCCO.CCCCO.[Ti]. The van der Waals surface area contributed by atoms with Gasteiger partial charge in [-0.05, 0) is 19.3 Å². The minimum absolute atomic E-state index is 0. The van der Waals surface area contributed by atoms with Crippen LogP contribution < -0.4 is 5.11 Å². The first kappa shape index (κ1) is 28.0. The predicted molar refractivity (Wildman–Crippen MR) is 73.5 cm³/mol. The molecule has 0 aliphatic rings. The summed E-state index contributed by atoms with van der Waals surface area (Å²) in [7, 11) is 0. The Labute approximate surface area is 137 Å². The molecule has 0 spiro atoms. The summed E-state index contributed by atoms with van der Waals surface area (Å²) in [6, 6.07) is 0. The smallest absolute Gasteiger partial charge is 0.138 e. The molecule has 0 aromatic rings. The molecule has 6 heteroatoms. The van der Waals surface area contributed by atoms with Crippen LogP contribution in [0, 0.1) is 0 Å². The number of carbonyl (C=O) groups excluding carboxylic acids is 2. The summed E-state index contributed by atoms with van der Waals surface area (Å²) in [5.74, 6) is -1.54. The van der Waals surface area contributed by atoms with Crippen molar-refractivity contribution in [1.29, 1.82) is 0 Å². The summed E-state index contributed by atoms with van der Waals surface area (Å²) in [5, 5.41) is 25.9. The molecule has 0 aliphatic carbocycles. The van der Waals surface area contributed by atoms with Gasteiger partial charge in [-0.25, -0.2) is 0 Å². The number of aliphatic hydroxyl groups excluding tert-OH is 2. The molecule has 20 heavy (non-hydrogen) atoms. The molecule has 0 rings (SSSR count). The molecule has 0 amide bonds. The van der Waals surface area contributed by atoms with Crippen molar-refractivity contribution in [3.05, 3.63) is 0 Å². The molecule has 0 heterocycles. The third-order valence-electron chi connectivity index (χ3n) is 1.89. The number of carboxylic acids is 1. The maximum atomic E-state index is 10.4. The van der Waals surface area contributed by atoms with Crippen LogP contribution in [0.4, 0.5) is 0 Å². The molecule has 0 saturated heterocycles.